The molecule has 0 bridgehead atoms. The van der Waals surface area contributed by atoms with Crippen LogP contribution in [-0.2, 0) is 6.54 Å². The minimum atomic E-state index is -1.05. The molecule has 0 unspecified atom stereocenters. The number of rotatable bonds is 7. The second-order valence-electron chi connectivity index (χ2n) is 5.49. The van der Waals surface area contributed by atoms with Crippen LogP contribution in [0.1, 0.15) is 38.2 Å². The summed E-state index contributed by atoms with van der Waals surface area (Å²) in [5, 5.41) is 19.4. The Morgan fingerprint density at radius 1 is 1.56 bits per heavy atom. The normalized spacial score (nSPS) is 12.1. The van der Waals surface area contributed by atoms with Gasteiger partial charge < -0.3 is 10.4 Å². The SMILES string of the molecule is CC(C)C(C)(C)CNCCn1cc(C(=O)O)nn1. The van der Waals surface area contributed by atoms with Crippen LogP contribution in [0.2, 0.25) is 0 Å². The first-order valence-corrected chi connectivity index (χ1v) is 6.17. The van der Waals surface area contributed by atoms with Crippen LogP contribution < -0.4 is 5.32 Å². The van der Waals surface area contributed by atoms with Gasteiger partial charge >= 0.3 is 5.97 Å². The van der Waals surface area contributed by atoms with Gasteiger partial charge in [0.2, 0.25) is 0 Å². The van der Waals surface area contributed by atoms with Gasteiger partial charge in [0.05, 0.1) is 12.7 Å². The van der Waals surface area contributed by atoms with Crippen molar-refractivity contribution in [1.82, 2.24) is 20.3 Å². The standard InChI is InChI=1S/C12H22N4O2/c1-9(2)12(3,4)8-13-5-6-16-7-10(11(17)18)14-15-16/h7,9,13H,5-6,8H2,1-4H3,(H,17,18). The smallest absolute Gasteiger partial charge is 0.358 e. The Morgan fingerprint density at radius 2 is 2.22 bits per heavy atom. The van der Waals surface area contributed by atoms with E-state index in [0.717, 1.165) is 13.1 Å². The van der Waals surface area contributed by atoms with Crippen molar-refractivity contribution < 1.29 is 9.90 Å². The molecule has 0 radical (unpaired) electrons. The average molecular weight is 254 g/mol. The van der Waals surface area contributed by atoms with Crippen molar-refractivity contribution in [1.29, 1.82) is 0 Å². The van der Waals surface area contributed by atoms with Gasteiger partial charge in [0.1, 0.15) is 0 Å². The number of carbonyl (C=O) groups is 1. The van der Waals surface area contributed by atoms with Crippen molar-refractivity contribution in [3.05, 3.63) is 11.9 Å². The van der Waals surface area contributed by atoms with Crippen LogP contribution in [0.4, 0.5) is 0 Å². The number of hydrogen-bond donors (Lipinski definition) is 2. The van der Waals surface area contributed by atoms with E-state index in [4.69, 9.17) is 5.11 Å². The second kappa shape index (κ2) is 5.95. The maximum absolute atomic E-state index is 10.6. The maximum Gasteiger partial charge on any atom is 0.358 e. The van der Waals surface area contributed by atoms with E-state index in [2.05, 4.69) is 43.3 Å². The molecule has 0 aliphatic heterocycles. The fourth-order valence-corrected chi connectivity index (χ4v) is 1.31. The minimum absolute atomic E-state index is 0.0162. The molecule has 1 aromatic rings. The molecule has 102 valence electrons. The third kappa shape index (κ3) is 4.10. The van der Waals surface area contributed by atoms with E-state index in [1.807, 2.05) is 0 Å². The molecule has 2 N–H and O–H groups in total. The van der Waals surface area contributed by atoms with Crippen molar-refractivity contribution in [3.63, 3.8) is 0 Å². The Balaban J connectivity index is 2.31. The molecular formula is C12H22N4O2. The fraction of sp³-hybridized carbons (Fsp3) is 0.750. The van der Waals surface area contributed by atoms with E-state index in [1.54, 1.807) is 4.68 Å². The average Bonchev–Trinajstić information content (AvgIpc) is 2.73. The molecule has 1 heterocycles. The maximum atomic E-state index is 10.6. The zero-order valence-electron chi connectivity index (χ0n) is 11.5. The summed E-state index contributed by atoms with van der Waals surface area (Å²) < 4.78 is 1.54. The third-order valence-corrected chi connectivity index (χ3v) is 3.42. The van der Waals surface area contributed by atoms with Gasteiger partial charge in [-0.15, -0.1) is 5.10 Å². The Labute approximate surface area is 107 Å². The van der Waals surface area contributed by atoms with E-state index in [-0.39, 0.29) is 11.1 Å². The lowest BCUT2D eigenvalue weighted by atomic mass is 9.81. The van der Waals surface area contributed by atoms with Crippen molar-refractivity contribution in [2.75, 3.05) is 13.1 Å². The molecule has 0 atom stereocenters. The number of carboxylic acid groups (broad SMARTS) is 1. The molecule has 0 amide bonds. The summed E-state index contributed by atoms with van der Waals surface area (Å²) in [7, 11) is 0. The molecule has 1 rings (SSSR count). The topological polar surface area (TPSA) is 80.0 Å². The Hall–Kier alpha value is -1.43. The highest BCUT2D eigenvalue weighted by atomic mass is 16.4. The highest BCUT2D eigenvalue weighted by Gasteiger charge is 2.21. The first-order valence-electron chi connectivity index (χ1n) is 6.17. The summed E-state index contributed by atoms with van der Waals surface area (Å²) >= 11 is 0. The number of carboxylic acids is 1. The lowest BCUT2D eigenvalue weighted by molar-refractivity contribution is 0.0690. The molecule has 1 aromatic heterocycles. The highest BCUT2D eigenvalue weighted by molar-refractivity contribution is 5.84. The number of aromatic nitrogens is 3. The molecule has 0 saturated heterocycles. The van der Waals surface area contributed by atoms with Gasteiger partial charge in [-0.3, -0.25) is 4.68 Å². The number of nitrogens with zero attached hydrogens (tertiary/aromatic N) is 3. The quantitative estimate of drug-likeness (QED) is 0.716. The van der Waals surface area contributed by atoms with E-state index in [0.29, 0.717) is 12.5 Å². The monoisotopic (exact) mass is 254 g/mol. The van der Waals surface area contributed by atoms with Crippen LogP contribution in [0.15, 0.2) is 6.20 Å². The van der Waals surface area contributed by atoms with Crippen molar-refractivity contribution in [2.45, 2.75) is 34.2 Å². The van der Waals surface area contributed by atoms with Crippen LogP contribution in [0, 0.1) is 11.3 Å². The van der Waals surface area contributed by atoms with Crippen LogP contribution in [0.25, 0.3) is 0 Å². The summed E-state index contributed by atoms with van der Waals surface area (Å²) in [6.07, 6.45) is 1.44. The number of hydrogen-bond acceptors (Lipinski definition) is 4. The molecule has 6 heteroatoms. The molecule has 0 aliphatic carbocycles. The van der Waals surface area contributed by atoms with E-state index >= 15 is 0 Å². The minimum Gasteiger partial charge on any atom is -0.476 e. The zero-order valence-corrected chi connectivity index (χ0v) is 11.5. The summed E-state index contributed by atoms with van der Waals surface area (Å²) in [5.41, 5.74) is 0.228. The molecule has 0 aliphatic rings. The van der Waals surface area contributed by atoms with Gasteiger partial charge in [-0.25, -0.2) is 4.79 Å². The lowest BCUT2D eigenvalue weighted by Crippen LogP contribution is -2.35. The summed E-state index contributed by atoms with van der Waals surface area (Å²) in [6.45, 7) is 11.2. The zero-order chi connectivity index (χ0) is 13.8. The highest BCUT2D eigenvalue weighted by Crippen LogP contribution is 2.24. The number of nitrogens with one attached hydrogen (secondary N) is 1. The van der Waals surface area contributed by atoms with Crippen molar-refractivity contribution in [3.8, 4) is 0 Å². The van der Waals surface area contributed by atoms with Crippen molar-refractivity contribution >= 4 is 5.97 Å². The largest absolute Gasteiger partial charge is 0.476 e. The molecule has 18 heavy (non-hydrogen) atoms. The van der Waals surface area contributed by atoms with E-state index in [9.17, 15) is 4.79 Å². The van der Waals surface area contributed by atoms with Gasteiger partial charge in [0.15, 0.2) is 5.69 Å². The van der Waals surface area contributed by atoms with Crippen LogP contribution >= 0.6 is 0 Å². The van der Waals surface area contributed by atoms with E-state index < -0.39 is 5.97 Å². The molecule has 0 saturated carbocycles. The predicted molar refractivity (Wildman–Crippen MR) is 68.5 cm³/mol. The number of aromatic carboxylic acids is 1. The van der Waals surface area contributed by atoms with Crippen LogP contribution in [0.3, 0.4) is 0 Å². The molecule has 0 fully saturated rings. The van der Waals surface area contributed by atoms with Gasteiger partial charge in [-0.1, -0.05) is 32.9 Å². The van der Waals surface area contributed by atoms with Crippen LogP contribution in [0.5, 0.6) is 0 Å². The lowest BCUT2D eigenvalue weighted by Gasteiger charge is -2.29. The molecule has 6 nitrogen and oxygen atoms in total. The van der Waals surface area contributed by atoms with Gasteiger partial charge in [0.25, 0.3) is 0 Å². The van der Waals surface area contributed by atoms with Gasteiger partial charge in [-0.05, 0) is 11.3 Å². The predicted octanol–water partition coefficient (Wildman–Crippen LogP) is 1.25. The molecule has 0 spiro atoms. The second-order valence-corrected chi connectivity index (χ2v) is 5.49. The van der Waals surface area contributed by atoms with Crippen molar-refractivity contribution in [2.24, 2.45) is 11.3 Å². The van der Waals surface area contributed by atoms with Gasteiger partial charge in [-0.2, -0.15) is 0 Å². The first kappa shape index (κ1) is 14.6. The molecular weight excluding hydrogens is 232 g/mol. The Morgan fingerprint density at radius 3 is 2.72 bits per heavy atom. The Bertz CT molecular complexity index is 399. The summed E-state index contributed by atoms with van der Waals surface area (Å²) in [6, 6.07) is 0. The first-order chi connectivity index (χ1) is 8.33. The van der Waals surface area contributed by atoms with Crippen LogP contribution in [-0.4, -0.2) is 39.2 Å². The molecule has 0 aromatic carbocycles. The Kier molecular flexibility index (Phi) is 4.84. The van der Waals surface area contributed by atoms with E-state index in [1.165, 1.54) is 6.20 Å². The third-order valence-electron chi connectivity index (χ3n) is 3.42. The van der Waals surface area contributed by atoms with Gasteiger partial charge in [0, 0.05) is 13.1 Å². The summed E-state index contributed by atoms with van der Waals surface area (Å²) in [5.74, 6) is -0.440. The summed E-state index contributed by atoms with van der Waals surface area (Å²) in [4.78, 5) is 10.6. The fourth-order valence-electron chi connectivity index (χ4n) is 1.31.